The minimum Gasteiger partial charge on any atom is -0.395 e. The van der Waals surface area contributed by atoms with Crippen LogP contribution in [0.4, 0.5) is 5.69 Å². The Morgan fingerprint density at radius 2 is 2.19 bits per heavy atom. The van der Waals surface area contributed by atoms with Gasteiger partial charge in [-0.05, 0) is 25.1 Å². The molecular formula is C16H15N3O2. The van der Waals surface area contributed by atoms with Gasteiger partial charge in [-0.15, -0.1) is 0 Å². The Morgan fingerprint density at radius 1 is 1.33 bits per heavy atom. The Balaban J connectivity index is 2.19. The zero-order valence-electron chi connectivity index (χ0n) is 11.6. The molecule has 21 heavy (non-hydrogen) atoms. The van der Waals surface area contributed by atoms with E-state index >= 15 is 0 Å². The number of nitrogens with zero attached hydrogens (tertiary/aromatic N) is 2. The molecule has 0 atom stereocenters. The Bertz CT molecular complexity index is 685. The summed E-state index contributed by atoms with van der Waals surface area (Å²) in [6.07, 6.45) is 5.04. The average Bonchev–Trinajstić information content (AvgIpc) is 2.50. The molecule has 2 N–H and O–H groups in total. The van der Waals surface area contributed by atoms with Crippen LogP contribution in [0.2, 0.25) is 0 Å². The summed E-state index contributed by atoms with van der Waals surface area (Å²) in [5.74, 6) is 5.36. The van der Waals surface area contributed by atoms with Crippen LogP contribution in [0.5, 0.6) is 0 Å². The maximum atomic E-state index is 12.3. The number of carbonyl (C=O) groups is 1. The molecule has 2 rings (SSSR count). The van der Waals surface area contributed by atoms with E-state index < -0.39 is 0 Å². The van der Waals surface area contributed by atoms with Gasteiger partial charge in [-0.1, -0.05) is 11.8 Å². The summed E-state index contributed by atoms with van der Waals surface area (Å²) in [7, 11) is 0. The Morgan fingerprint density at radius 3 is 2.90 bits per heavy atom. The predicted molar refractivity (Wildman–Crippen MR) is 79.7 cm³/mol. The zero-order valence-corrected chi connectivity index (χ0v) is 11.6. The molecule has 0 aliphatic heterocycles. The first kappa shape index (κ1) is 14.7. The SMILES string of the molecule is Cc1ccc(NC(=O)c2ccncc2C#CCCO)cn1. The van der Waals surface area contributed by atoms with E-state index in [1.165, 1.54) is 6.20 Å². The minimum absolute atomic E-state index is 0.0101. The predicted octanol–water partition coefficient (Wildman–Crippen LogP) is 1.77. The number of aromatic nitrogens is 2. The first-order chi connectivity index (χ1) is 10.2. The number of anilines is 1. The van der Waals surface area contributed by atoms with Crippen LogP contribution in [0.3, 0.4) is 0 Å². The molecule has 0 fully saturated rings. The van der Waals surface area contributed by atoms with E-state index in [0.29, 0.717) is 23.2 Å². The van der Waals surface area contributed by atoms with Gasteiger partial charge in [0, 0.05) is 24.5 Å². The summed E-state index contributed by atoms with van der Waals surface area (Å²) in [5, 5.41) is 11.5. The molecule has 0 saturated heterocycles. The third kappa shape index (κ3) is 4.13. The van der Waals surface area contributed by atoms with Gasteiger partial charge in [-0.25, -0.2) is 0 Å². The van der Waals surface area contributed by atoms with E-state index in [0.717, 1.165) is 5.69 Å². The van der Waals surface area contributed by atoms with Crippen LogP contribution in [0.15, 0.2) is 36.8 Å². The van der Waals surface area contributed by atoms with E-state index in [1.54, 1.807) is 24.5 Å². The molecule has 2 aromatic heterocycles. The number of aliphatic hydroxyl groups is 1. The van der Waals surface area contributed by atoms with Crippen molar-refractivity contribution in [3.05, 3.63) is 53.6 Å². The van der Waals surface area contributed by atoms with E-state index in [9.17, 15) is 4.79 Å². The van der Waals surface area contributed by atoms with Crippen molar-refractivity contribution in [3.63, 3.8) is 0 Å². The minimum atomic E-state index is -0.267. The fourth-order valence-corrected chi connectivity index (χ4v) is 1.65. The number of rotatable bonds is 3. The van der Waals surface area contributed by atoms with Crippen molar-refractivity contribution >= 4 is 11.6 Å². The van der Waals surface area contributed by atoms with E-state index in [4.69, 9.17) is 5.11 Å². The highest BCUT2D eigenvalue weighted by Gasteiger charge is 2.10. The molecule has 106 valence electrons. The van der Waals surface area contributed by atoms with Crippen molar-refractivity contribution in [1.29, 1.82) is 0 Å². The number of aryl methyl sites for hydroxylation is 1. The van der Waals surface area contributed by atoms with Crippen molar-refractivity contribution in [3.8, 4) is 11.8 Å². The summed E-state index contributed by atoms with van der Waals surface area (Å²) < 4.78 is 0. The number of nitrogens with one attached hydrogen (secondary N) is 1. The molecule has 2 heterocycles. The monoisotopic (exact) mass is 281 g/mol. The first-order valence-electron chi connectivity index (χ1n) is 6.48. The molecule has 0 aromatic carbocycles. The highest BCUT2D eigenvalue weighted by molar-refractivity contribution is 6.05. The van der Waals surface area contributed by atoms with Gasteiger partial charge in [0.25, 0.3) is 5.91 Å². The molecule has 5 nitrogen and oxygen atoms in total. The molecule has 0 spiro atoms. The molecule has 0 radical (unpaired) electrons. The summed E-state index contributed by atoms with van der Waals surface area (Å²) in [5.41, 5.74) is 2.48. The van der Waals surface area contributed by atoms with Gasteiger partial charge in [0.15, 0.2) is 0 Å². The summed E-state index contributed by atoms with van der Waals surface area (Å²) >= 11 is 0. The molecule has 0 aliphatic carbocycles. The molecule has 0 bridgehead atoms. The lowest BCUT2D eigenvalue weighted by atomic mass is 10.1. The van der Waals surface area contributed by atoms with Crippen LogP contribution in [-0.4, -0.2) is 27.6 Å². The number of hydrogen-bond acceptors (Lipinski definition) is 4. The maximum Gasteiger partial charge on any atom is 0.257 e. The lowest BCUT2D eigenvalue weighted by Gasteiger charge is -2.06. The number of hydrogen-bond donors (Lipinski definition) is 2. The van der Waals surface area contributed by atoms with Crippen molar-refractivity contribution in [2.24, 2.45) is 0 Å². The van der Waals surface area contributed by atoms with Gasteiger partial charge in [0.05, 0.1) is 29.6 Å². The quantitative estimate of drug-likeness (QED) is 0.841. The third-order valence-electron chi connectivity index (χ3n) is 2.69. The van der Waals surface area contributed by atoms with Crippen LogP contribution in [0.25, 0.3) is 0 Å². The maximum absolute atomic E-state index is 12.3. The Hall–Kier alpha value is -2.71. The van der Waals surface area contributed by atoms with Crippen LogP contribution in [-0.2, 0) is 0 Å². The van der Waals surface area contributed by atoms with Crippen LogP contribution in [0.1, 0.15) is 28.0 Å². The smallest absolute Gasteiger partial charge is 0.257 e. The molecule has 1 amide bonds. The van der Waals surface area contributed by atoms with E-state index in [1.807, 2.05) is 13.0 Å². The standard InChI is InChI=1S/C16H15N3O2/c1-12-5-6-14(11-18-12)19-16(21)15-7-8-17-10-13(15)4-2-3-9-20/h5-8,10-11,20H,3,9H2,1H3,(H,19,21). The van der Waals surface area contributed by atoms with Gasteiger partial charge >= 0.3 is 0 Å². The largest absolute Gasteiger partial charge is 0.395 e. The lowest BCUT2D eigenvalue weighted by molar-refractivity contribution is 0.102. The summed E-state index contributed by atoms with van der Waals surface area (Å²) in [6.45, 7) is 1.87. The van der Waals surface area contributed by atoms with Crippen molar-refractivity contribution < 1.29 is 9.90 Å². The number of carbonyl (C=O) groups excluding carboxylic acids is 1. The van der Waals surface area contributed by atoms with Gasteiger partial charge in [0.1, 0.15) is 0 Å². The fraction of sp³-hybridized carbons (Fsp3) is 0.188. The Labute approximate surface area is 123 Å². The summed E-state index contributed by atoms with van der Waals surface area (Å²) in [4.78, 5) is 20.4. The topological polar surface area (TPSA) is 75.1 Å². The van der Waals surface area contributed by atoms with Crippen LogP contribution in [0, 0.1) is 18.8 Å². The fourth-order valence-electron chi connectivity index (χ4n) is 1.65. The van der Waals surface area contributed by atoms with Crippen LogP contribution < -0.4 is 5.32 Å². The molecule has 5 heteroatoms. The van der Waals surface area contributed by atoms with Gasteiger partial charge in [-0.2, -0.15) is 0 Å². The molecule has 0 unspecified atom stereocenters. The first-order valence-corrected chi connectivity index (χ1v) is 6.48. The van der Waals surface area contributed by atoms with E-state index in [2.05, 4.69) is 27.1 Å². The lowest BCUT2D eigenvalue weighted by Crippen LogP contribution is -2.14. The van der Waals surface area contributed by atoms with Crippen molar-refractivity contribution in [2.75, 3.05) is 11.9 Å². The highest BCUT2D eigenvalue weighted by atomic mass is 16.2. The van der Waals surface area contributed by atoms with E-state index in [-0.39, 0.29) is 12.5 Å². The van der Waals surface area contributed by atoms with Crippen molar-refractivity contribution in [1.82, 2.24) is 9.97 Å². The Kier molecular flexibility index (Phi) is 5.02. The highest BCUT2D eigenvalue weighted by Crippen LogP contribution is 2.11. The molecule has 0 aliphatic rings. The zero-order chi connectivity index (χ0) is 15.1. The second-order valence-electron chi connectivity index (χ2n) is 4.34. The summed E-state index contributed by atoms with van der Waals surface area (Å²) in [6, 6.07) is 5.22. The number of amides is 1. The molecular weight excluding hydrogens is 266 g/mol. The molecule has 0 saturated carbocycles. The number of aliphatic hydroxyl groups excluding tert-OH is 1. The average molecular weight is 281 g/mol. The van der Waals surface area contributed by atoms with Gasteiger partial charge in [-0.3, -0.25) is 14.8 Å². The second kappa shape index (κ2) is 7.17. The van der Waals surface area contributed by atoms with Gasteiger partial charge in [0.2, 0.25) is 0 Å². The third-order valence-corrected chi connectivity index (χ3v) is 2.69. The molecule has 2 aromatic rings. The van der Waals surface area contributed by atoms with Crippen LogP contribution >= 0.6 is 0 Å². The van der Waals surface area contributed by atoms with Crippen molar-refractivity contribution in [2.45, 2.75) is 13.3 Å². The second-order valence-corrected chi connectivity index (χ2v) is 4.34. The van der Waals surface area contributed by atoms with Gasteiger partial charge < -0.3 is 10.4 Å². The normalized spacial score (nSPS) is 9.62. The number of pyridine rings is 2.